The van der Waals surface area contributed by atoms with Gasteiger partial charge in [0.1, 0.15) is 5.75 Å². The van der Waals surface area contributed by atoms with Crippen molar-refractivity contribution in [2.45, 2.75) is 32.9 Å². The second-order valence-corrected chi connectivity index (χ2v) is 3.49. The van der Waals surface area contributed by atoms with Crippen molar-refractivity contribution < 1.29 is 4.74 Å². The fourth-order valence-electron chi connectivity index (χ4n) is 1.22. The summed E-state index contributed by atoms with van der Waals surface area (Å²) in [5.74, 6) is 0.896. The number of nitrogens with two attached hydrogens (primary N) is 1. The maximum Gasteiger partial charge on any atom is 0.124 e. The molecule has 0 heterocycles. The van der Waals surface area contributed by atoms with E-state index in [0.717, 1.165) is 11.3 Å². The van der Waals surface area contributed by atoms with Gasteiger partial charge in [0.15, 0.2) is 0 Å². The normalized spacial score (nSPS) is 13.0. The number of benzene rings is 1. The van der Waals surface area contributed by atoms with Gasteiger partial charge < -0.3 is 10.5 Å². The van der Waals surface area contributed by atoms with E-state index >= 15 is 0 Å². The highest BCUT2D eigenvalue weighted by molar-refractivity contribution is 5.35. The third-order valence-corrected chi connectivity index (χ3v) is 1.77. The van der Waals surface area contributed by atoms with Gasteiger partial charge >= 0.3 is 0 Å². The van der Waals surface area contributed by atoms with Crippen LogP contribution >= 0.6 is 0 Å². The number of hydrogen-bond donors (Lipinski definition) is 1. The molecule has 0 aliphatic rings. The molecule has 1 aromatic carbocycles. The molecule has 0 aliphatic carbocycles. The van der Waals surface area contributed by atoms with Crippen LogP contribution in [0.25, 0.3) is 0 Å². The lowest BCUT2D eigenvalue weighted by atomic mass is 10.1. The number of rotatable bonds is 3. The van der Waals surface area contributed by atoms with Crippen molar-refractivity contribution >= 4 is 0 Å². The Balaban J connectivity index is 2.91. The van der Waals surface area contributed by atoms with Crippen LogP contribution in [0.2, 0.25) is 0 Å². The first-order chi connectivity index (χ1) is 6.11. The number of ether oxygens (including phenoxy) is 1. The lowest BCUT2D eigenvalue weighted by Crippen LogP contribution is -2.11. The summed E-state index contributed by atoms with van der Waals surface area (Å²) >= 11 is 0. The second-order valence-electron chi connectivity index (χ2n) is 3.49. The molecule has 0 bridgehead atoms. The highest BCUT2D eigenvalue weighted by atomic mass is 16.5. The SMILES string of the molecule is CC(C)Oc1ccccc1C(C)N. The summed E-state index contributed by atoms with van der Waals surface area (Å²) in [7, 11) is 0. The molecule has 2 heteroatoms. The van der Waals surface area contributed by atoms with Crippen LogP contribution < -0.4 is 10.5 Å². The molecule has 1 aromatic rings. The largest absolute Gasteiger partial charge is 0.491 e. The Hall–Kier alpha value is -1.02. The molecule has 13 heavy (non-hydrogen) atoms. The summed E-state index contributed by atoms with van der Waals surface area (Å²) in [6, 6.07) is 7.92. The smallest absolute Gasteiger partial charge is 0.124 e. The van der Waals surface area contributed by atoms with Gasteiger partial charge in [0.05, 0.1) is 6.10 Å². The van der Waals surface area contributed by atoms with Gasteiger partial charge in [-0.05, 0) is 26.8 Å². The Morgan fingerprint density at radius 1 is 1.15 bits per heavy atom. The van der Waals surface area contributed by atoms with Gasteiger partial charge in [-0.2, -0.15) is 0 Å². The zero-order valence-electron chi connectivity index (χ0n) is 8.45. The van der Waals surface area contributed by atoms with Crippen molar-refractivity contribution in [3.63, 3.8) is 0 Å². The molecule has 0 aliphatic heterocycles. The van der Waals surface area contributed by atoms with Gasteiger partial charge in [0, 0.05) is 11.6 Å². The van der Waals surface area contributed by atoms with Crippen LogP contribution in [0.1, 0.15) is 32.4 Å². The second kappa shape index (κ2) is 4.28. The highest BCUT2D eigenvalue weighted by Gasteiger charge is 2.07. The molecule has 0 radical (unpaired) electrons. The lowest BCUT2D eigenvalue weighted by Gasteiger charge is -2.15. The molecule has 72 valence electrons. The first-order valence-corrected chi connectivity index (χ1v) is 4.62. The summed E-state index contributed by atoms with van der Waals surface area (Å²) in [6.45, 7) is 5.98. The van der Waals surface area contributed by atoms with E-state index in [4.69, 9.17) is 10.5 Å². The molecule has 0 amide bonds. The standard InChI is InChI=1S/C11H17NO/c1-8(2)13-11-7-5-4-6-10(11)9(3)12/h4-9H,12H2,1-3H3. The molecule has 0 fully saturated rings. The van der Waals surface area contributed by atoms with Crippen LogP contribution in [-0.4, -0.2) is 6.10 Å². The van der Waals surface area contributed by atoms with Crippen molar-refractivity contribution in [3.8, 4) is 5.75 Å². The molecule has 1 atom stereocenters. The van der Waals surface area contributed by atoms with Crippen LogP contribution in [0.5, 0.6) is 5.75 Å². The third kappa shape index (κ3) is 2.74. The molecule has 2 N–H and O–H groups in total. The van der Waals surface area contributed by atoms with Crippen LogP contribution in [0, 0.1) is 0 Å². The minimum absolute atomic E-state index is 0.0231. The average molecular weight is 179 g/mol. The molecule has 1 unspecified atom stereocenters. The first kappa shape index (κ1) is 10.1. The summed E-state index contributed by atoms with van der Waals surface area (Å²) in [6.07, 6.45) is 0.194. The first-order valence-electron chi connectivity index (χ1n) is 4.62. The predicted octanol–water partition coefficient (Wildman–Crippen LogP) is 2.49. The predicted molar refractivity (Wildman–Crippen MR) is 54.8 cm³/mol. The Bertz CT molecular complexity index is 269. The highest BCUT2D eigenvalue weighted by Crippen LogP contribution is 2.23. The van der Waals surface area contributed by atoms with Crippen molar-refractivity contribution in [1.29, 1.82) is 0 Å². The lowest BCUT2D eigenvalue weighted by molar-refractivity contribution is 0.239. The van der Waals surface area contributed by atoms with E-state index in [-0.39, 0.29) is 12.1 Å². The fraction of sp³-hybridized carbons (Fsp3) is 0.455. The molecule has 0 saturated heterocycles. The topological polar surface area (TPSA) is 35.2 Å². The monoisotopic (exact) mass is 179 g/mol. The van der Waals surface area contributed by atoms with Crippen LogP contribution in [0.3, 0.4) is 0 Å². The molecule has 2 nitrogen and oxygen atoms in total. The Morgan fingerprint density at radius 2 is 1.77 bits per heavy atom. The van der Waals surface area contributed by atoms with E-state index in [0.29, 0.717) is 0 Å². The van der Waals surface area contributed by atoms with Crippen molar-refractivity contribution in [2.75, 3.05) is 0 Å². The zero-order valence-corrected chi connectivity index (χ0v) is 8.45. The number of hydrogen-bond acceptors (Lipinski definition) is 2. The van der Waals surface area contributed by atoms with Crippen molar-refractivity contribution in [2.24, 2.45) is 5.73 Å². The van der Waals surface area contributed by atoms with Crippen LogP contribution in [-0.2, 0) is 0 Å². The van der Waals surface area contributed by atoms with E-state index in [1.165, 1.54) is 0 Å². The van der Waals surface area contributed by atoms with Crippen LogP contribution in [0.15, 0.2) is 24.3 Å². The molecular formula is C11H17NO. The average Bonchev–Trinajstić information content (AvgIpc) is 2.03. The van der Waals surface area contributed by atoms with E-state index in [1.54, 1.807) is 0 Å². The molecule has 0 spiro atoms. The van der Waals surface area contributed by atoms with E-state index in [1.807, 2.05) is 45.0 Å². The molecule has 0 aromatic heterocycles. The third-order valence-electron chi connectivity index (χ3n) is 1.77. The van der Waals surface area contributed by atoms with Gasteiger partial charge in [0.25, 0.3) is 0 Å². The summed E-state index contributed by atoms with van der Waals surface area (Å²) in [5.41, 5.74) is 6.88. The Morgan fingerprint density at radius 3 is 2.31 bits per heavy atom. The van der Waals surface area contributed by atoms with Crippen LogP contribution in [0.4, 0.5) is 0 Å². The van der Waals surface area contributed by atoms with E-state index in [2.05, 4.69) is 0 Å². The minimum Gasteiger partial charge on any atom is -0.491 e. The molecular weight excluding hydrogens is 162 g/mol. The van der Waals surface area contributed by atoms with Gasteiger partial charge in [-0.3, -0.25) is 0 Å². The van der Waals surface area contributed by atoms with E-state index in [9.17, 15) is 0 Å². The van der Waals surface area contributed by atoms with Gasteiger partial charge in [-0.15, -0.1) is 0 Å². The summed E-state index contributed by atoms with van der Waals surface area (Å²) < 4.78 is 5.63. The van der Waals surface area contributed by atoms with Crippen molar-refractivity contribution in [1.82, 2.24) is 0 Å². The Kier molecular flexibility index (Phi) is 3.32. The van der Waals surface area contributed by atoms with E-state index < -0.39 is 0 Å². The van der Waals surface area contributed by atoms with Crippen molar-refractivity contribution in [3.05, 3.63) is 29.8 Å². The Labute approximate surface area is 79.7 Å². The number of para-hydroxylation sites is 1. The fourth-order valence-corrected chi connectivity index (χ4v) is 1.22. The molecule has 1 rings (SSSR count). The zero-order chi connectivity index (χ0) is 9.84. The maximum absolute atomic E-state index is 5.81. The van der Waals surface area contributed by atoms with Gasteiger partial charge in [-0.1, -0.05) is 18.2 Å². The minimum atomic E-state index is 0.0231. The summed E-state index contributed by atoms with van der Waals surface area (Å²) in [4.78, 5) is 0. The maximum atomic E-state index is 5.81. The summed E-state index contributed by atoms with van der Waals surface area (Å²) in [5, 5.41) is 0. The quantitative estimate of drug-likeness (QED) is 0.773. The molecule has 0 saturated carbocycles. The van der Waals surface area contributed by atoms with Gasteiger partial charge in [0.2, 0.25) is 0 Å². The van der Waals surface area contributed by atoms with Gasteiger partial charge in [-0.25, -0.2) is 0 Å².